The maximum Gasteiger partial charge on any atom is 0.184 e. The number of hydrogen-bond donors (Lipinski definition) is 0. The SMILES string of the molecule is CC1CCC(n2c(CCl)nc3ccc(F)c(F)c32)C(C)C1. The average molecular weight is 313 g/mol. The lowest BCUT2D eigenvalue weighted by Crippen LogP contribution is -2.26. The van der Waals surface area contributed by atoms with Crippen LogP contribution in [0.4, 0.5) is 8.78 Å². The summed E-state index contributed by atoms with van der Waals surface area (Å²) in [7, 11) is 0. The first-order valence-corrected chi connectivity index (χ1v) is 7.97. The highest BCUT2D eigenvalue weighted by atomic mass is 35.5. The molecular formula is C16H19ClF2N2. The lowest BCUT2D eigenvalue weighted by molar-refractivity contribution is 0.208. The Morgan fingerprint density at radius 2 is 2.05 bits per heavy atom. The molecule has 0 spiro atoms. The van der Waals surface area contributed by atoms with Crippen LogP contribution in [-0.4, -0.2) is 9.55 Å². The Bertz CT molecular complexity index is 668. The molecular weight excluding hydrogens is 294 g/mol. The first-order chi connectivity index (χ1) is 10.0. The number of hydrogen-bond acceptors (Lipinski definition) is 1. The molecule has 2 nitrogen and oxygen atoms in total. The molecule has 1 aromatic heterocycles. The molecule has 3 atom stereocenters. The maximum absolute atomic E-state index is 14.3. The van der Waals surface area contributed by atoms with Gasteiger partial charge in [0.05, 0.1) is 11.4 Å². The van der Waals surface area contributed by atoms with Gasteiger partial charge < -0.3 is 4.57 Å². The third kappa shape index (κ3) is 2.44. The standard InChI is InChI=1S/C16H19ClF2N2/c1-9-3-6-13(10(2)7-9)21-14(8-17)20-12-5-4-11(18)15(19)16(12)21/h4-5,9-10,13H,3,6-8H2,1-2H3. The van der Waals surface area contributed by atoms with Gasteiger partial charge in [-0.3, -0.25) is 0 Å². The summed E-state index contributed by atoms with van der Waals surface area (Å²) < 4.78 is 29.8. The summed E-state index contributed by atoms with van der Waals surface area (Å²) in [4.78, 5) is 4.39. The van der Waals surface area contributed by atoms with Crippen molar-refractivity contribution >= 4 is 22.6 Å². The van der Waals surface area contributed by atoms with Gasteiger partial charge in [-0.1, -0.05) is 13.8 Å². The van der Waals surface area contributed by atoms with Crippen LogP contribution in [0.15, 0.2) is 12.1 Å². The number of rotatable bonds is 2. The molecule has 1 aliphatic carbocycles. The Balaban J connectivity index is 2.18. The summed E-state index contributed by atoms with van der Waals surface area (Å²) in [6.07, 6.45) is 3.13. The van der Waals surface area contributed by atoms with E-state index in [1.54, 1.807) is 0 Å². The van der Waals surface area contributed by atoms with Crippen molar-refractivity contribution in [3.63, 3.8) is 0 Å². The fourth-order valence-electron chi connectivity index (χ4n) is 3.66. The number of imidazole rings is 1. The van der Waals surface area contributed by atoms with E-state index in [1.165, 1.54) is 6.07 Å². The van der Waals surface area contributed by atoms with Crippen molar-refractivity contribution < 1.29 is 8.78 Å². The van der Waals surface area contributed by atoms with Gasteiger partial charge in [0.2, 0.25) is 0 Å². The molecule has 114 valence electrons. The lowest BCUT2D eigenvalue weighted by Gasteiger charge is -2.34. The minimum absolute atomic E-state index is 0.135. The maximum atomic E-state index is 14.3. The van der Waals surface area contributed by atoms with Gasteiger partial charge in [0.25, 0.3) is 0 Å². The van der Waals surface area contributed by atoms with Gasteiger partial charge in [-0.2, -0.15) is 0 Å². The Morgan fingerprint density at radius 3 is 2.71 bits per heavy atom. The van der Waals surface area contributed by atoms with Crippen LogP contribution in [0.5, 0.6) is 0 Å². The van der Waals surface area contributed by atoms with Crippen molar-refractivity contribution in [3.05, 3.63) is 29.6 Å². The van der Waals surface area contributed by atoms with Crippen molar-refractivity contribution in [1.29, 1.82) is 0 Å². The predicted molar refractivity (Wildman–Crippen MR) is 80.4 cm³/mol. The normalized spacial score (nSPS) is 26.4. The number of nitrogens with zero attached hydrogens (tertiary/aromatic N) is 2. The highest BCUT2D eigenvalue weighted by Crippen LogP contribution is 2.40. The zero-order valence-electron chi connectivity index (χ0n) is 12.2. The van der Waals surface area contributed by atoms with Crippen molar-refractivity contribution in [3.8, 4) is 0 Å². The van der Waals surface area contributed by atoms with Crippen molar-refractivity contribution in [2.75, 3.05) is 0 Å². The van der Waals surface area contributed by atoms with E-state index in [2.05, 4.69) is 18.8 Å². The molecule has 21 heavy (non-hydrogen) atoms. The Hall–Kier alpha value is -1.16. The van der Waals surface area contributed by atoms with Crippen LogP contribution in [0.25, 0.3) is 11.0 Å². The summed E-state index contributed by atoms with van der Waals surface area (Å²) >= 11 is 5.99. The van der Waals surface area contributed by atoms with Crippen LogP contribution in [0.2, 0.25) is 0 Å². The molecule has 0 bridgehead atoms. The second-order valence-electron chi connectivity index (χ2n) is 6.22. The molecule has 1 heterocycles. The molecule has 3 rings (SSSR count). The fraction of sp³-hybridized carbons (Fsp3) is 0.562. The summed E-state index contributed by atoms with van der Waals surface area (Å²) in [6, 6.07) is 2.78. The van der Waals surface area contributed by atoms with Gasteiger partial charge in [-0.15, -0.1) is 11.6 Å². The summed E-state index contributed by atoms with van der Waals surface area (Å²) in [6.45, 7) is 4.41. The molecule has 0 saturated heterocycles. The Kier molecular flexibility index (Phi) is 3.91. The van der Waals surface area contributed by atoms with Gasteiger partial charge in [-0.05, 0) is 43.2 Å². The monoisotopic (exact) mass is 312 g/mol. The summed E-state index contributed by atoms with van der Waals surface area (Å²) in [5.74, 6) is 0.253. The molecule has 1 aromatic carbocycles. The highest BCUT2D eigenvalue weighted by Gasteiger charge is 2.30. The van der Waals surface area contributed by atoms with Crippen molar-refractivity contribution in [2.24, 2.45) is 11.8 Å². The van der Waals surface area contributed by atoms with E-state index in [0.29, 0.717) is 23.2 Å². The van der Waals surface area contributed by atoms with Crippen molar-refractivity contribution in [2.45, 2.75) is 45.0 Å². The number of alkyl halides is 1. The van der Waals surface area contributed by atoms with Gasteiger partial charge >= 0.3 is 0 Å². The van der Waals surface area contributed by atoms with E-state index >= 15 is 0 Å². The largest absolute Gasteiger partial charge is 0.321 e. The predicted octanol–water partition coefficient (Wildman–Crippen LogP) is 5.05. The minimum atomic E-state index is -0.832. The van der Waals surface area contributed by atoms with Gasteiger partial charge in [0.15, 0.2) is 11.6 Å². The first-order valence-electron chi connectivity index (χ1n) is 7.43. The summed E-state index contributed by atoms with van der Waals surface area (Å²) in [5, 5.41) is 0. The number of benzene rings is 1. The van der Waals surface area contributed by atoms with E-state index < -0.39 is 11.6 Å². The molecule has 1 aliphatic rings. The Labute approximate surface area is 128 Å². The second kappa shape index (κ2) is 5.56. The Morgan fingerprint density at radius 1 is 1.29 bits per heavy atom. The third-order valence-corrected chi connectivity index (χ3v) is 4.89. The molecule has 3 unspecified atom stereocenters. The number of halogens is 3. The minimum Gasteiger partial charge on any atom is -0.321 e. The van der Waals surface area contributed by atoms with E-state index in [0.717, 1.165) is 25.3 Å². The molecule has 0 aliphatic heterocycles. The lowest BCUT2D eigenvalue weighted by atomic mass is 9.79. The topological polar surface area (TPSA) is 17.8 Å². The van der Waals surface area contributed by atoms with Crippen LogP contribution in [0.3, 0.4) is 0 Å². The van der Waals surface area contributed by atoms with Gasteiger partial charge in [0.1, 0.15) is 11.3 Å². The van der Waals surface area contributed by atoms with Gasteiger partial charge in [-0.25, -0.2) is 13.8 Å². The molecule has 1 saturated carbocycles. The third-order valence-electron chi connectivity index (χ3n) is 4.65. The van der Waals surface area contributed by atoms with Crippen LogP contribution in [-0.2, 0) is 5.88 Å². The van der Waals surface area contributed by atoms with E-state index in [-0.39, 0.29) is 17.4 Å². The van der Waals surface area contributed by atoms with E-state index in [9.17, 15) is 8.78 Å². The molecule has 1 fully saturated rings. The first kappa shape index (κ1) is 14.8. The van der Waals surface area contributed by atoms with Crippen molar-refractivity contribution in [1.82, 2.24) is 9.55 Å². The second-order valence-corrected chi connectivity index (χ2v) is 6.49. The molecule has 2 aromatic rings. The zero-order valence-corrected chi connectivity index (χ0v) is 13.0. The number of aromatic nitrogens is 2. The van der Waals surface area contributed by atoms with Crippen LogP contribution < -0.4 is 0 Å². The van der Waals surface area contributed by atoms with Crippen LogP contribution in [0.1, 0.15) is 45.0 Å². The zero-order chi connectivity index (χ0) is 15.1. The average Bonchev–Trinajstić information content (AvgIpc) is 2.82. The van der Waals surface area contributed by atoms with Crippen LogP contribution in [0, 0.1) is 23.5 Å². The fourth-order valence-corrected chi connectivity index (χ4v) is 3.84. The quantitative estimate of drug-likeness (QED) is 0.709. The molecule has 0 N–H and O–H groups in total. The number of fused-ring (bicyclic) bond motifs is 1. The molecule has 5 heteroatoms. The van der Waals surface area contributed by atoms with E-state index in [4.69, 9.17) is 11.6 Å². The molecule has 0 radical (unpaired) electrons. The smallest absolute Gasteiger partial charge is 0.184 e. The highest BCUT2D eigenvalue weighted by molar-refractivity contribution is 6.16. The van der Waals surface area contributed by atoms with Crippen LogP contribution >= 0.6 is 11.6 Å². The van der Waals surface area contributed by atoms with E-state index in [1.807, 2.05) is 4.57 Å². The molecule has 0 amide bonds. The summed E-state index contributed by atoms with van der Waals surface area (Å²) in [5.41, 5.74) is 0.743. The van der Waals surface area contributed by atoms with Gasteiger partial charge in [0, 0.05) is 6.04 Å².